The highest BCUT2D eigenvalue weighted by Gasteiger charge is 2.31. The first-order valence-electron chi connectivity index (χ1n) is 7.29. The van der Waals surface area contributed by atoms with Gasteiger partial charge in [0.15, 0.2) is 0 Å². The van der Waals surface area contributed by atoms with Crippen LogP contribution in [0.1, 0.15) is 49.4 Å². The lowest BCUT2D eigenvalue weighted by Gasteiger charge is -2.30. The van der Waals surface area contributed by atoms with E-state index in [0.717, 1.165) is 31.4 Å². The van der Waals surface area contributed by atoms with E-state index in [1.54, 1.807) is 13.2 Å². The molecule has 1 fully saturated rings. The molecule has 2 N–H and O–H groups in total. The number of fused-ring (bicyclic) bond motifs is 1. The minimum Gasteiger partial charge on any atom is -0.380 e. The first-order valence-corrected chi connectivity index (χ1v) is 7.29. The molecule has 0 bridgehead atoms. The molecule has 4 nitrogen and oxygen atoms in total. The standard InChI is InChI=1S/C15H22N2O2/c1-19-14-7-3-6-13(14)16-11-4-2-5-12-10(11)8-9-15(18)17-12/h8-9,11,13-14,16H,2-7H2,1H3,(H,17,18). The Morgan fingerprint density at radius 1 is 1.26 bits per heavy atom. The molecule has 1 heterocycles. The Kier molecular flexibility index (Phi) is 3.71. The summed E-state index contributed by atoms with van der Waals surface area (Å²) in [6, 6.07) is 4.44. The third kappa shape index (κ3) is 2.60. The Bertz CT molecular complexity index is 497. The number of rotatable bonds is 3. The molecule has 1 aromatic heterocycles. The fourth-order valence-corrected chi connectivity index (χ4v) is 3.53. The second-order valence-electron chi connectivity index (χ2n) is 5.68. The van der Waals surface area contributed by atoms with Gasteiger partial charge in [-0.15, -0.1) is 0 Å². The number of aryl methyl sites for hydroxylation is 1. The van der Waals surface area contributed by atoms with Crippen LogP contribution in [0, 0.1) is 0 Å². The molecule has 1 saturated carbocycles. The number of nitrogens with one attached hydrogen (secondary N) is 2. The van der Waals surface area contributed by atoms with Crippen molar-refractivity contribution in [2.75, 3.05) is 7.11 Å². The fourth-order valence-electron chi connectivity index (χ4n) is 3.53. The van der Waals surface area contributed by atoms with Crippen LogP contribution in [-0.2, 0) is 11.2 Å². The van der Waals surface area contributed by atoms with Crippen LogP contribution < -0.4 is 10.9 Å². The summed E-state index contributed by atoms with van der Waals surface area (Å²) in [7, 11) is 1.80. The third-order valence-electron chi connectivity index (χ3n) is 4.50. The summed E-state index contributed by atoms with van der Waals surface area (Å²) in [5.74, 6) is 0. The second kappa shape index (κ2) is 5.47. The Hall–Kier alpha value is -1.13. The Labute approximate surface area is 113 Å². The molecule has 3 atom stereocenters. The normalized spacial score (nSPS) is 30.3. The summed E-state index contributed by atoms with van der Waals surface area (Å²) in [5.41, 5.74) is 2.39. The smallest absolute Gasteiger partial charge is 0.248 e. The van der Waals surface area contributed by atoms with E-state index in [9.17, 15) is 4.79 Å². The number of hydrogen-bond donors (Lipinski definition) is 2. The maximum Gasteiger partial charge on any atom is 0.248 e. The maximum absolute atomic E-state index is 11.4. The van der Waals surface area contributed by atoms with Crippen LogP contribution in [0.5, 0.6) is 0 Å². The number of ether oxygens (including phenoxy) is 1. The van der Waals surface area contributed by atoms with Crippen molar-refractivity contribution in [1.29, 1.82) is 0 Å². The molecule has 2 aliphatic rings. The number of aromatic amines is 1. The van der Waals surface area contributed by atoms with Crippen LogP contribution in [0.25, 0.3) is 0 Å². The Morgan fingerprint density at radius 2 is 2.16 bits per heavy atom. The molecule has 2 aliphatic carbocycles. The van der Waals surface area contributed by atoms with E-state index in [1.165, 1.54) is 18.4 Å². The number of aromatic nitrogens is 1. The zero-order valence-electron chi connectivity index (χ0n) is 11.4. The van der Waals surface area contributed by atoms with E-state index in [2.05, 4.69) is 10.3 Å². The molecule has 0 saturated heterocycles. The van der Waals surface area contributed by atoms with E-state index >= 15 is 0 Å². The average Bonchev–Trinajstić information content (AvgIpc) is 2.86. The molecule has 0 spiro atoms. The molecule has 0 aromatic carbocycles. The van der Waals surface area contributed by atoms with Crippen molar-refractivity contribution in [3.8, 4) is 0 Å². The van der Waals surface area contributed by atoms with Gasteiger partial charge < -0.3 is 15.0 Å². The van der Waals surface area contributed by atoms with Crippen molar-refractivity contribution < 1.29 is 4.74 Å². The van der Waals surface area contributed by atoms with Gasteiger partial charge in [0, 0.05) is 31.0 Å². The number of H-pyrrole nitrogens is 1. The topological polar surface area (TPSA) is 54.1 Å². The zero-order chi connectivity index (χ0) is 13.2. The quantitative estimate of drug-likeness (QED) is 0.875. The number of methoxy groups -OCH3 is 1. The third-order valence-corrected chi connectivity index (χ3v) is 4.50. The first-order chi connectivity index (χ1) is 9.28. The van der Waals surface area contributed by atoms with Gasteiger partial charge in [0.25, 0.3) is 0 Å². The molecule has 104 valence electrons. The van der Waals surface area contributed by atoms with E-state index < -0.39 is 0 Å². The van der Waals surface area contributed by atoms with Gasteiger partial charge in [-0.05, 0) is 44.1 Å². The lowest BCUT2D eigenvalue weighted by molar-refractivity contribution is 0.0802. The second-order valence-corrected chi connectivity index (χ2v) is 5.68. The number of pyridine rings is 1. The van der Waals surface area contributed by atoms with Crippen molar-refractivity contribution in [2.45, 2.75) is 56.7 Å². The van der Waals surface area contributed by atoms with Gasteiger partial charge in [0.2, 0.25) is 5.56 Å². The molecule has 0 aliphatic heterocycles. The van der Waals surface area contributed by atoms with Crippen LogP contribution >= 0.6 is 0 Å². The van der Waals surface area contributed by atoms with Crippen molar-refractivity contribution in [3.63, 3.8) is 0 Å². The monoisotopic (exact) mass is 262 g/mol. The average molecular weight is 262 g/mol. The summed E-state index contributed by atoms with van der Waals surface area (Å²) in [5, 5.41) is 3.75. The van der Waals surface area contributed by atoms with Crippen molar-refractivity contribution in [3.05, 3.63) is 33.7 Å². The van der Waals surface area contributed by atoms with Crippen LogP contribution in [0.3, 0.4) is 0 Å². The van der Waals surface area contributed by atoms with Gasteiger partial charge in [-0.25, -0.2) is 0 Å². The largest absolute Gasteiger partial charge is 0.380 e. The van der Waals surface area contributed by atoms with Crippen LogP contribution in [0.4, 0.5) is 0 Å². The predicted molar refractivity (Wildman–Crippen MR) is 74.3 cm³/mol. The van der Waals surface area contributed by atoms with E-state index in [4.69, 9.17) is 4.74 Å². The molecular weight excluding hydrogens is 240 g/mol. The van der Waals surface area contributed by atoms with Gasteiger partial charge in [-0.1, -0.05) is 6.07 Å². The van der Waals surface area contributed by atoms with Crippen molar-refractivity contribution in [1.82, 2.24) is 10.3 Å². The molecule has 4 heteroatoms. The lowest BCUT2D eigenvalue weighted by Crippen LogP contribution is -2.40. The van der Waals surface area contributed by atoms with Gasteiger partial charge in [0.1, 0.15) is 0 Å². The summed E-state index contributed by atoms with van der Waals surface area (Å²) in [4.78, 5) is 14.4. The molecule has 3 rings (SSSR count). The van der Waals surface area contributed by atoms with Crippen LogP contribution in [-0.4, -0.2) is 24.2 Å². The molecule has 3 unspecified atom stereocenters. The minimum absolute atomic E-state index is 0.00929. The van der Waals surface area contributed by atoms with Gasteiger partial charge in [-0.2, -0.15) is 0 Å². The van der Waals surface area contributed by atoms with E-state index in [1.807, 2.05) is 6.07 Å². The maximum atomic E-state index is 11.4. The van der Waals surface area contributed by atoms with Gasteiger partial charge in [-0.3, -0.25) is 4.79 Å². The Morgan fingerprint density at radius 3 is 3.00 bits per heavy atom. The van der Waals surface area contributed by atoms with Crippen molar-refractivity contribution >= 4 is 0 Å². The van der Waals surface area contributed by atoms with Gasteiger partial charge >= 0.3 is 0 Å². The lowest BCUT2D eigenvalue weighted by atomic mass is 9.90. The number of hydrogen-bond acceptors (Lipinski definition) is 3. The summed E-state index contributed by atoms with van der Waals surface area (Å²) in [6.07, 6.45) is 7.19. The predicted octanol–water partition coefficient (Wildman–Crippen LogP) is 1.91. The highest BCUT2D eigenvalue weighted by molar-refractivity contribution is 5.26. The fraction of sp³-hybridized carbons (Fsp3) is 0.667. The Balaban J connectivity index is 1.78. The molecule has 0 radical (unpaired) electrons. The minimum atomic E-state index is 0.00929. The highest BCUT2D eigenvalue weighted by atomic mass is 16.5. The summed E-state index contributed by atoms with van der Waals surface area (Å²) in [6.45, 7) is 0. The van der Waals surface area contributed by atoms with Crippen molar-refractivity contribution in [2.24, 2.45) is 0 Å². The van der Waals surface area contributed by atoms with Crippen LogP contribution in [0.15, 0.2) is 16.9 Å². The molecule has 0 amide bonds. The van der Waals surface area contributed by atoms with Crippen LogP contribution in [0.2, 0.25) is 0 Å². The molecule has 19 heavy (non-hydrogen) atoms. The first kappa shape index (κ1) is 12.9. The molecule has 1 aromatic rings. The van der Waals surface area contributed by atoms with E-state index in [0.29, 0.717) is 18.2 Å². The zero-order valence-corrected chi connectivity index (χ0v) is 11.4. The summed E-state index contributed by atoms with van der Waals surface area (Å²) < 4.78 is 5.55. The van der Waals surface area contributed by atoms with Gasteiger partial charge in [0.05, 0.1) is 6.10 Å². The highest BCUT2D eigenvalue weighted by Crippen LogP contribution is 2.31. The van der Waals surface area contributed by atoms with E-state index in [-0.39, 0.29) is 5.56 Å². The summed E-state index contributed by atoms with van der Waals surface area (Å²) >= 11 is 0. The SMILES string of the molecule is COC1CCCC1NC1CCCc2[nH]c(=O)ccc21. The molecular formula is C15H22N2O2.